The third kappa shape index (κ3) is 6.99. The molecule has 9 heteroatoms. The van der Waals surface area contributed by atoms with Gasteiger partial charge in [-0.1, -0.05) is 55.8 Å². The van der Waals surface area contributed by atoms with Crippen molar-refractivity contribution in [2.45, 2.75) is 26.9 Å². The van der Waals surface area contributed by atoms with Crippen LogP contribution in [0, 0.1) is 5.92 Å². The lowest BCUT2D eigenvalue weighted by atomic mass is 10.1. The van der Waals surface area contributed by atoms with Crippen LogP contribution in [0.5, 0.6) is 5.75 Å². The van der Waals surface area contributed by atoms with Crippen LogP contribution in [0.4, 0.5) is 5.82 Å². The van der Waals surface area contributed by atoms with E-state index < -0.39 is 0 Å². The van der Waals surface area contributed by atoms with Crippen molar-refractivity contribution < 1.29 is 14.3 Å². The molecule has 3 rings (SSSR count). The Hall–Kier alpha value is -3.52. The molecule has 0 unspecified atom stereocenters. The van der Waals surface area contributed by atoms with Crippen LogP contribution in [0.15, 0.2) is 54.7 Å². The zero-order chi connectivity index (χ0) is 24.7. The Balaban J connectivity index is 1.51. The molecule has 0 aliphatic rings. The minimum absolute atomic E-state index is 0.0311. The Bertz CT molecular complexity index is 1130. The number of hydrogen-bond donors (Lipinski definition) is 2. The number of halogens is 1. The summed E-state index contributed by atoms with van der Waals surface area (Å²) in [5, 5.41) is 7.63. The minimum Gasteiger partial charge on any atom is -0.492 e. The van der Waals surface area contributed by atoms with Gasteiger partial charge in [-0.2, -0.15) is 5.10 Å². The average molecular weight is 484 g/mol. The molecule has 0 atom stereocenters. The highest BCUT2D eigenvalue weighted by Gasteiger charge is 2.15. The van der Waals surface area contributed by atoms with Crippen LogP contribution in [0.1, 0.15) is 35.3 Å². The second kappa shape index (κ2) is 11.6. The summed E-state index contributed by atoms with van der Waals surface area (Å²) in [4.78, 5) is 26.3. The summed E-state index contributed by atoms with van der Waals surface area (Å²) < 4.78 is 7.21. The smallest absolute Gasteiger partial charge is 0.256 e. The molecule has 0 radical (unpaired) electrons. The maximum Gasteiger partial charge on any atom is 0.256 e. The van der Waals surface area contributed by atoms with Gasteiger partial charge in [-0.15, -0.1) is 0 Å². The van der Waals surface area contributed by atoms with Gasteiger partial charge in [-0.3, -0.25) is 14.3 Å². The van der Waals surface area contributed by atoms with Crippen molar-refractivity contribution >= 4 is 29.2 Å². The molecule has 2 amide bonds. The minimum atomic E-state index is -0.313. The molecule has 0 fully saturated rings. The molecule has 0 spiro atoms. The molecular formula is C25H30ClN5O3. The molecule has 1 aromatic heterocycles. The van der Waals surface area contributed by atoms with Gasteiger partial charge < -0.3 is 20.7 Å². The van der Waals surface area contributed by atoms with E-state index in [1.54, 1.807) is 47.1 Å². The van der Waals surface area contributed by atoms with Gasteiger partial charge >= 0.3 is 0 Å². The van der Waals surface area contributed by atoms with Crippen LogP contribution in [-0.4, -0.2) is 46.7 Å². The standard InChI is InChI=1S/C25H30ClN5O3/c1-17(2)25(33)30(3)14-18-7-9-19(10-8-18)15-31-16-22(23(27)29-31)24(32)28-11-12-34-21-6-4-5-20(26)13-21/h4-10,13,16-17H,11-12,14-15H2,1-3H3,(H2,27,29)(H,28,32). The quantitative estimate of drug-likeness (QED) is 0.429. The van der Waals surface area contributed by atoms with Crippen molar-refractivity contribution in [2.24, 2.45) is 5.92 Å². The maximum absolute atomic E-state index is 12.5. The van der Waals surface area contributed by atoms with Crippen molar-refractivity contribution in [2.75, 3.05) is 25.9 Å². The van der Waals surface area contributed by atoms with E-state index in [0.29, 0.717) is 42.6 Å². The molecule has 8 nitrogen and oxygen atoms in total. The van der Waals surface area contributed by atoms with Crippen LogP contribution in [0.2, 0.25) is 5.02 Å². The molecule has 2 aromatic carbocycles. The normalized spacial score (nSPS) is 10.9. The molecule has 1 heterocycles. The highest BCUT2D eigenvalue weighted by Crippen LogP contribution is 2.17. The summed E-state index contributed by atoms with van der Waals surface area (Å²) in [6.45, 7) is 5.41. The average Bonchev–Trinajstić information content (AvgIpc) is 3.17. The Morgan fingerprint density at radius 3 is 2.56 bits per heavy atom. The Labute approximate surface area is 204 Å². The lowest BCUT2D eigenvalue weighted by molar-refractivity contribution is -0.133. The molecule has 180 valence electrons. The van der Waals surface area contributed by atoms with E-state index in [1.165, 1.54) is 0 Å². The zero-order valence-electron chi connectivity index (χ0n) is 19.6. The van der Waals surface area contributed by atoms with E-state index >= 15 is 0 Å². The van der Waals surface area contributed by atoms with E-state index in [4.69, 9.17) is 22.1 Å². The third-order valence-electron chi connectivity index (χ3n) is 5.14. The molecule has 0 aliphatic heterocycles. The van der Waals surface area contributed by atoms with E-state index in [1.807, 2.05) is 38.1 Å². The number of ether oxygens (including phenoxy) is 1. The largest absolute Gasteiger partial charge is 0.492 e. The van der Waals surface area contributed by atoms with E-state index in [9.17, 15) is 9.59 Å². The van der Waals surface area contributed by atoms with E-state index in [-0.39, 0.29) is 23.6 Å². The van der Waals surface area contributed by atoms with Crippen LogP contribution < -0.4 is 15.8 Å². The van der Waals surface area contributed by atoms with Crippen LogP contribution >= 0.6 is 11.6 Å². The number of benzene rings is 2. The van der Waals surface area contributed by atoms with Gasteiger partial charge in [0.1, 0.15) is 17.9 Å². The lowest BCUT2D eigenvalue weighted by Crippen LogP contribution is -2.29. The van der Waals surface area contributed by atoms with Crippen LogP contribution in [0.3, 0.4) is 0 Å². The van der Waals surface area contributed by atoms with Crippen molar-refractivity contribution in [3.8, 4) is 5.75 Å². The first-order valence-corrected chi connectivity index (χ1v) is 11.4. The Kier molecular flexibility index (Phi) is 8.54. The highest BCUT2D eigenvalue weighted by molar-refractivity contribution is 6.30. The summed E-state index contributed by atoms with van der Waals surface area (Å²) in [5.41, 5.74) is 8.32. The van der Waals surface area contributed by atoms with Gasteiger partial charge in [-0.25, -0.2) is 0 Å². The fourth-order valence-corrected chi connectivity index (χ4v) is 3.59. The van der Waals surface area contributed by atoms with Gasteiger partial charge in [0, 0.05) is 30.7 Å². The number of nitrogens with one attached hydrogen (secondary N) is 1. The topological polar surface area (TPSA) is 102 Å². The Morgan fingerprint density at radius 1 is 1.18 bits per heavy atom. The fourth-order valence-electron chi connectivity index (χ4n) is 3.41. The predicted octanol–water partition coefficient (Wildman–Crippen LogP) is 3.59. The number of amides is 2. The van der Waals surface area contributed by atoms with E-state index in [2.05, 4.69) is 10.4 Å². The summed E-state index contributed by atoms with van der Waals surface area (Å²) in [6.07, 6.45) is 1.63. The summed E-state index contributed by atoms with van der Waals surface area (Å²) in [5.74, 6) is 0.568. The third-order valence-corrected chi connectivity index (χ3v) is 5.38. The number of carbonyl (C=O) groups is 2. The fraction of sp³-hybridized carbons (Fsp3) is 0.320. The van der Waals surface area contributed by atoms with Crippen LogP contribution in [-0.2, 0) is 17.9 Å². The SMILES string of the molecule is CC(C)C(=O)N(C)Cc1ccc(Cn2cc(C(=O)NCCOc3cccc(Cl)c3)c(N)n2)cc1. The molecule has 0 aliphatic carbocycles. The number of nitrogens with two attached hydrogens (primary N) is 1. The van der Waals surface area contributed by atoms with Crippen molar-refractivity contribution in [3.05, 3.63) is 76.4 Å². The first-order chi connectivity index (χ1) is 16.2. The Morgan fingerprint density at radius 2 is 1.88 bits per heavy atom. The zero-order valence-corrected chi connectivity index (χ0v) is 20.4. The van der Waals surface area contributed by atoms with Gasteiger partial charge in [0.05, 0.1) is 13.1 Å². The highest BCUT2D eigenvalue weighted by atomic mass is 35.5. The summed E-state index contributed by atoms with van der Waals surface area (Å²) in [6, 6.07) is 15.0. The van der Waals surface area contributed by atoms with Crippen molar-refractivity contribution in [1.82, 2.24) is 20.0 Å². The molecule has 3 aromatic rings. The predicted molar refractivity (Wildman–Crippen MR) is 133 cm³/mol. The monoisotopic (exact) mass is 483 g/mol. The van der Waals surface area contributed by atoms with Gasteiger partial charge in [0.15, 0.2) is 5.82 Å². The van der Waals surface area contributed by atoms with Gasteiger partial charge in [-0.05, 0) is 29.3 Å². The molecule has 0 saturated heterocycles. The first-order valence-electron chi connectivity index (χ1n) is 11.0. The molecule has 0 bridgehead atoms. The van der Waals surface area contributed by atoms with E-state index in [0.717, 1.165) is 11.1 Å². The second-order valence-corrected chi connectivity index (χ2v) is 8.79. The van der Waals surface area contributed by atoms with Gasteiger partial charge in [0.2, 0.25) is 5.91 Å². The number of anilines is 1. The summed E-state index contributed by atoms with van der Waals surface area (Å²) in [7, 11) is 1.80. The first kappa shape index (κ1) is 25.1. The number of nitrogen functional groups attached to an aromatic ring is 1. The molecule has 34 heavy (non-hydrogen) atoms. The molecular weight excluding hydrogens is 454 g/mol. The number of nitrogens with zero attached hydrogens (tertiary/aromatic N) is 3. The van der Waals surface area contributed by atoms with Crippen molar-refractivity contribution in [3.63, 3.8) is 0 Å². The number of rotatable bonds is 10. The van der Waals surface area contributed by atoms with Gasteiger partial charge in [0.25, 0.3) is 5.91 Å². The summed E-state index contributed by atoms with van der Waals surface area (Å²) >= 11 is 5.93. The number of carbonyl (C=O) groups excluding carboxylic acids is 2. The molecule has 3 N–H and O–H groups in total. The number of aromatic nitrogens is 2. The maximum atomic E-state index is 12.5. The number of hydrogen-bond acceptors (Lipinski definition) is 5. The van der Waals surface area contributed by atoms with Crippen molar-refractivity contribution in [1.29, 1.82) is 0 Å². The second-order valence-electron chi connectivity index (χ2n) is 8.35. The van der Waals surface area contributed by atoms with Crippen LogP contribution in [0.25, 0.3) is 0 Å². The molecule has 0 saturated carbocycles. The lowest BCUT2D eigenvalue weighted by Gasteiger charge is -2.19.